The van der Waals surface area contributed by atoms with Crippen LogP contribution in [-0.2, 0) is 11.8 Å². The van der Waals surface area contributed by atoms with Crippen LogP contribution < -0.4 is 10.1 Å². The van der Waals surface area contributed by atoms with E-state index in [1.54, 1.807) is 24.2 Å². The summed E-state index contributed by atoms with van der Waals surface area (Å²) < 4.78 is 7.97. The Balaban J connectivity index is 1.81. The van der Waals surface area contributed by atoms with Crippen molar-refractivity contribution < 1.29 is 9.53 Å². The molecule has 1 saturated carbocycles. The van der Waals surface area contributed by atoms with Crippen LogP contribution in [0.25, 0.3) is 21.3 Å². The molecule has 0 aromatic carbocycles. The van der Waals surface area contributed by atoms with Crippen molar-refractivity contribution in [3.63, 3.8) is 0 Å². The largest absolute Gasteiger partial charge is 0.479 e. The third-order valence-electron chi connectivity index (χ3n) is 3.77. The zero-order chi connectivity index (χ0) is 16.0. The summed E-state index contributed by atoms with van der Waals surface area (Å²) in [5, 5.41) is 7.67. The highest BCUT2D eigenvalue weighted by atomic mass is 32.1. The third kappa shape index (κ3) is 2.55. The zero-order valence-corrected chi connectivity index (χ0v) is 13.6. The molecule has 118 valence electrons. The van der Waals surface area contributed by atoms with Crippen molar-refractivity contribution in [2.45, 2.75) is 12.8 Å². The number of pyridine rings is 1. The second-order valence-corrected chi connectivity index (χ2v) is 6.54. The highest BCUT2D eigenvalue weighted by Crippen LogP contribution is 2.39. The Morgan fingerprint density at radius 3 is 2.91 bits per heavy atom. The fourth-order valence-electron chi connectivity index (χ4n) is 2.41. The van der Waals surface area contributed by atoms with E-state index in [2.05, 4.69) is 20.4 Å². The lowest BCUT2D eigenvalue weighted by molar-refractivity contribution is -0.117. The monoisotopic (exact) mass is 329 g/mol. The molecule has 0 unspecified atom stereocenters. The van der Waals surface area contributed by atoms with E-state index < -0.39 is 0 Å². The first kappa shape index (κ1) is 14.1. The lowest BCUT2D eigenvalue weighted by Crippen LogP contribution is -2.12. The molecule has 1 aliphatic carbocycles. The van der Waals surface area contributed by atoms with Gasteiger partial charge in [-0.3, -0.25) is 9.48 Å². The van der Waals surface area contributed by atoms with Gasteiger partial charge in [0.15, 0.2) is 5.13 Å². The van der Waals surface area contributed by atoms with Gasteiger partial charge in [-0.2, -0.15) is 5.10 Å². The van der Waals surface area contributed by atoms with Gasteiger partial charge in [0.2, 0.25) is 11.8 Å². The molecule has 0 saturated heterocycles. The molecule has 0 aliphatic heterocycles. The summed E-state index contributed by atoms with van der Waals surface area (Å²) in [7, 11) is 3.43. The van der Waals surface area contributed by atoms with Crippen molar-refractivity contribution in [2.75, 3.05) is 12.4 Å². The van der Waals surface area contributed by atoms with Crippen LogP contribution in [0.4, 0.5) is 5.13 Å². The van der Waals surface area contributed by atoms with E-state index in [1.165, 1.54) is 11.3 Å². The molecule has 3 heterocycles. The van der Waals surface area contributed by atoms with Gasteiger partial charge in [-0.1, -0.05) is 11.3 Å². The summed E-state index contributed by atoms with van der Waals surface area (Å²) in [6.07, 6.45) is 7.38. The number of hydrogen-bond acceptors (Lipinski definition) is 6. The first-order valence-corrected chi connectivity index (χ1v) is 8.11. The molecule has 3 aromatic rings. The second kappa shape index (κ2) is 5.31. The van der Waals surface area contributed by atoms with Gasteiger partial charge >= 0.3 is 0 Å². The quantitative estimate of drug-likeness (QED) is 0.795. The molecule has 7 nitrogen and oxygen atoms in total. The normalized spacial score (nSPS) is 14.2. The van der Waals surface area contributed by atoms with Gasteiger partial charge in [-0.15, -0.1) is 0 Å². The first-order valence-electron chi connectivity index (χ1n) is 7.29. The number of aryl methyl sites for hydroxylation is 1. The molecule has 0 radical (unpaired) electrons. The van der Waals surface area contributed by atoms with Crippen molar-refractivity contribution in [2.24, 2.45) is 13.0 Å². The number of nitrogens with zero attached hydrogens (tertiary/aromatic N) is 4. The fourth-order valence-corrected chi connectivity index (χ4v) is 3.40. The van der Waals surface area contributed by atoms with Gasteiger partial charge in [0.25, 0.3) is 0 Å². The number of amides is 1. The number of anilines is 1. The van der Waals surface area contributed by atoms with E-state index in [4.69, 9.17) is 4.74 Å². The summed E-state index contributed by atoms with van der Waals surface area (Å²) in [6.45, 7) is 0. The molecule has 0 atom stereocenters. The maximum absolute atomic E-state index is 12.0. The number of fused-ring (bicyclic) bond motifs is 1. The van der Waals surface area contributed by atoms with Gasteiger partial charge in [-0.25, -0.2) is 9.97 Å². The predicted molar refractivity (Wildman–Crippen MR) is 87.5 cm³/mol. The molecule has 8 heteroatoms. The average Bonchev–Trinajstić information content (AvgIpc) is 3.18. The molecule has 1 aliphatic rings. The number of methoxy groups -OCH3 is 1. The average molecular weight is 329 g/mol. The lowest BCUT2D eigenvalue weighted by atomic mass is 10.1. The number of thiazole rings is 1. The molecular weight excluding hydrogens is 314 g/mol. The fraction of sp³-hybridized carbons (Fsp3) is 0.333. The molecule has 1 amide bonds. The van der Waals surface area contributed by atoms with Crippen LogP contribution in [-0.4, -0.2) is 32.8 Å². The minimum Gasteiger partial charge on any atom is -0.479 e. The molecule has 1 fully saturated rings. The summed E-state index contributed by atoms with van der Waals surface area (Å²) in [6, 6.07) is 0. The molecule has 4 rings (SSSR count). The Bertz CT molecular complexity index is 897. The predicted octanol–water partition coefficient (Wildman–Crippen LogP) is 2.45. The number of aromatic nitrogens is 4. The molecular formula is C15H15N5O2S. The van der Waals surface area contributed by atoms with E-state index in [-0.39, 0.29) is 11.8 Å². The molecule has 3 aromatic heterocycles. The van der Waals surface area contributed by atoms with Crippen molar-refractivity contribution in [3.8, 4) is 17.0 Å². The third-order valence-corrected chi connectivity index (χ3v) is 4.78. The van der Waals surface area contributed by atoms with Crippen LogP contribution in [0.5, 0.6) is 5.88 Å². The van der Waals surface area contributed by atoms with E-state index in [9.17, 15) is 4.79 Å². The van der Waals surface area contributed by atoms with Crippen LogP contribution in [0.3, 0.4) is 0 Å². The molecule has 23 heavy (non-hydrogen) atoms. The molecule has 0 bridgehead atoms. The lowest BCUT2D eigenvalue weighted by Gasteiger charge is -2.02. The standard InChI is InChI=1S/C15H15N5O2S/c1-20-7-9(5-17-20)10-6-16-14(22-2)11-12(10)23-15(18-11)19-13(21)8-3-4-8/h5-8H,3-4H2,1-2H3,(H,18,19,21). The highest BCUT2D eigenvalue weighted by Gasteiger charge is 2.30. The number of carbonyl (C=O) groups is 1. The van der Waals surface area contributed by atoms with Crippen LogP contribution in [0.2, 0.25) is 0 Å². The number of carbonyl (C=O) groups excluding carboxylic acids is 1. The Morgan fingerprint density at radius 2 is 2.26 bits per heavy atom. The second-order valence-electron chi connectivity index (χ2n) is 5.54. The highest BCUT2D eigenvalue weighted by molar-refractivity contribution is 7.23. The maximum atomic E-state index is 12.0. The topological polar surface area (TPSA) is 81.9 Å². The minimum atomic E-state index is 0.0407. The summed E-state index contributed by atoms with van der Waals surface area (Å²) in [4.78, 5) is 20.8. The van der Waals surface area contributed by atoms with E-state index in [0.29, 0.717) is 16.5 Å². The van der Waals surface area contributed by atoms with Crippen molar-refractivity contribution in [3.05, 3.63) is 18.6 Å². The summed E-state index contributed by atoms with van der Waals surface area (Å²) in [5.74, 6) is 0.634. The number of nitrogens with one attached hydrogen (secondary N) is 1. The Labute approximate surface area is 136 Å². The summed E-state index contributed by atoms with van der Waals surface area (Å²) >= 11 is 1.43. The maximum Gasteiger partial charge on any atom is 0.241 e. The smallest absolute Gasteiger partial charge is 0.241 e. The van der Waals surface area contributed by atoms with E-state index in [1.807, 2.05) is 13.2 Å². The van der Waals surface area contributed by atoms with Gasteiger partial charge < -0.3 is 10.1 Å². The zero-order valence-electron chi connectivity index (χ0n) is 12.7. The Hall–Kier alpha value is -2.48. The van der Waals surface area contributed by atoms with Gasteiger partial charge in [0, 0.05) is 36.5 Å². The first-order chi connectivity index (χ1) is 11.2. The van der Waals surface area contributed by atoms with Gasteiger partial charge in [0.1, 0.15) is 5.52 Å². The van der Waals surface area contributed by atoms with Crippen LogP contribution in [0.1, 0.15) is 12.8 Å². The minimum absolute atomic E-state index is 0.0407. The van der Waals surface area contributed by atoms with Crippen LogP contribution >= 0.6 is 11.3 Å². The van der Waals surface area contributed by atoms with E-state index in [0.717, 1.165) is 28.7 Å². The summed E-state index contributed by atoms with van der Waals surface area (Å²) in [5.41, 5.74) is 2.54. The van der Waals surface area contributed by atoms with Gasteiger partial charge in [-0.05, 0) is 12.8 Å². The van der Waals surface area contributed by atoms with E-state index >= 15 is 0 Å². The van der Waals surface area contributed by atoms with Crippen molar-refractivity contribution in [1.82, 2.24) is 19.7 Å². The molecule has 1 N–H and O–H groups in total. The number of hydrogen-bond donors (Lipinski definition) is 1. The SMILES string of the molecule is COc1ncc(-c2cnn(C)c2)c2sc(NC(=O)C3CC3)nc12. The van der Waals surface area contributed by atoms with Crippen molar-refractivity contribution >= 4 is 32.6 Å². The number of rotatable bonds is 4. The van der Waals surface area contributed by atoms with Crippen molar-refractivity contribution in [1.29, 1.82) is 0 Å². The van der Waals surface area contributed by atoms with Crippen LogP contribution in [0, 0.1) is 5.92 Å². The Kier molecular flexibility index (Phi) is 3.26. The Morgan fingerprint density at radius 1 is 1.43 bits per heavy atom. The number of ether oxygens (including phenoxy) is 1. The van der Waals surface area contributed by atoms with Crippen LogP contribution in [0.15, 0.2) is 18.6 Å². The molecule has 0 spiro atoms. The van der Waals surface area contributed by atoms with Gasteiger partial charge in [0.05, 0.1) is 18.0 Å².